The van der Waals surface area contributed by atoms with Crippen molar-refractivity contribution in [1.29, 1.82) is 0 Å². The van der Waals surface area contributed by atoms with E-state index in [1.165, 1.54) is 0 Å². The molecule has 0 aliphatic carbocycles. The average Bonchev–Trinajstić information content (AvgIpc) is 3.14. The Morgan fingerprint density at radius 2 is 1.83 bits per heavy atom. The van der Waals surface area contributed by atoms with E-state index in [9.17, 15) is 9.59 Å². The van der Waals surface area contributed by atoms with Gasteiger partial charge in [0.25, 0.3) is 5.97 Å². The van der Waals surface area contributed by atoms with E-state index in [4.69, 9.17) is 19.4 Å². The second kappa shape index (κ2) is 8.96. The third kappa shape index (κ3) is 5.38. The van der Waals surface area contributed by atoms with E-state index >= 15 is 0 Å². The number of amides is 2. The van der Waals surface area contributed by atoms with Gasteiger partial charge in [0.05, 0.1) is 17.8 Å². The van der Waals surface area contributed by atoms with Crippen molar-refractivity contribution < 1.29 is 29.0 Å². The fourth-order valence-electron chi connectivity index (χ4n) is 2.84. The van der Waals surface area contributed by atoms with Gasteiger partial charge in [-0.15, -0.1) is 0 Å². The minimum atomic E-state index is -0.833. The standard InChI is InChI=1S/C18H17N3O4.C2H4O2/c22-17(19-9-11-5-6-15-16(7-11)25-10-24-15)8-14-18(23)21-13-4-2-1-3-12(13)20-14;1-2(3)4/h1-7,14,20H,8-10H2,(H,19,22)(H,21,23);1H3,(H,3,4). The third-order valence-corrected chi connectivity index (χ3v) is 4.15. The first-order chi connectivity index (χ1) is 13.9. The number of carboxylic acids is 1. The molecule has 2 aromatic carbocycles. The summed E-state index contributed by atoms with van der Waals surface area (Å²) in [4.78, 5) is 33.3. The van der Waals surface area contributed by atoms with Crippen molar-refractivity contribution in [2.24, 2.45) is 0 Å². The molecule has 0 fully saturated rings. The summed E-state index contributed by atoms with van der Waals surface area (Å²) in [6.45, 7) is 1.66. The zero-order chi connectivity index (χ0) is 20.8. The summed E-state index contributed by atoms with van der Waals surface area (Å²) in [5.41, 5.74) is 2.45. The van der Waals surface area contributed by atoms with Crippen LogP contribution in [-0.2, 0) is 20.9 Å². The van der Waals surface area contributed by atoms with E-state index in [2.05, 4.69) is 16.0 Å². The molecule has 2 aromatic rings. The molecule has 9 heteroatoms. The van der Waals surface area contributed by atoms with E-state index in [0.29, 0.717) is 18.0 Å². The van der Waals surface area contributed by atoms with Crippen LogP contribution in [0.25, 0.3) is 0 Å². The van der Waals surface area contributed by atoms with Crippen LogP contribution >= 0.6 is 0 Å². The number of aliphatic carboxylic acids is 1. The summed E-state index contributed by atoms with van der Waals surface area (Å²) in [7, 11) is 0. The molecule has 152 valence electrons. The highest BCUT2D eigenvalue weighted by atomic mass is 16.7. The van der Waals surface area contributed by atoms with Crippen LogP contribution in [0.15, 0.2) is 42.5 Å². The fraction of sp³-hybridized carbons (Fsp3) is 0.250. The molecule has 2 aliphatic rings. The number of benzene rings is 2. The number of nitrogens with one attached hydrogen (secondary N) is 3. The molecule has 1 atom stereocenters. The maximum atomic E-state index is 12.2. The number of fused-ring (bicyclic) bond motifs is 2. The first-order valence-electron chi connectivity index (χ1n) is 8.93. The van der Waals surface area contributed by atoms with Gasteiger partial charge in [0.2, 0.25) is 18.6 Å². The number of ether oxygens (including phenoxy) is 2. The van der Waals surface area contributed by atoms with Crippen molar-refractivity contribution >= 4 is 29.2 Å². The number of rotatable bonds is 4. The molecule has 2 heterocycles. The lowest BCUT2D eigenvalue weighted by Crippen LogP contribution is -2.42. The van der Waals surface area contributed by atoms with E-state index in [0.717, 1.165) is 23.9 Å². The molecule has 1 unspecified atom stereocenters. The Balaban J connectivity index is 0.000000552. The highest BCUT2D eigenvalue weighted by Crippen LogP contribution is 2.32. The predicted molar refractivity (Wildman–Crippen MR) is 105 cm³/mol. The molecule has 0 saturated carbocycles. The number of para-hydroxylation sites is 2. The molecule has 2 amide bonds. The number of carboxylic acid groups (broad SMARTS) is 1. The predicted octanol–water partition coefficient (Wildman–Crippen LogP) is 1.95. The van der Waals surface area contributed by atoms with Gasteiger partial charge >= 0.3 is 0 Å². The maximum Gasteiger partial charge on any atom is 0.300 e. The fourth-order valence-corrected chi connectivity index (χ4v) is 2.84. The molecular formula is C20H21N3O6. The lowest BCUT2D eigenvalue weighted by Gasteiger charge is -2.26. The second-order valence-corrected chi connectivity index (χ2v) is 6.42. The number of hydrogen-bond acceptors (Lipinski definition) is 6. The molecule has 0 radical (unpaired) electrons. The van der Waals surface area contributed by atoms with Crippen LogP contribution in [0.5, 0.6) is 11.5 Å². The average molecular weight is 399 g/mol. The van der Waals surface area contributed by atoms with E-state index < -0.39 is 12.0 Å². The van der Waals surface area contributed by atoms with Crippen molar-refractivity contribution in [3.63, 3.8) is 0 Å². The molecule has 4 rings (SSSR count). The summed E-state index contributed by atoms with van der Waals surface area (Å²) < 4.78 is 10.6. The molecule has 2 aliphatic heterocycles. The highest BCUT2D eigenvalue weighted by Gasteiger charge is 2.27. The van der Waals surface area contributed by atoms with E-state index in [1.54, 1.807) is 0 Å². The van der Waals surface area contributed by atoms with Crippen LogP contribution in [0.2, 0.25) is 0 Å². The van der Waals surface area contributed by atoms with Gasteiger partial charge in [-0.3, -0.25) is 14.4 Å². The monoisotopic (exact) mass is 399 g/mol. The van der Waals surface area contributed by atoms with Crippen molar-refractivity contribution in [2.45, 2.75) is 25.9 Å². The minimum absolute atomic E-state index is 0.0602. The quantitative estimate of drug-likeness (QED) is 0.619. The third-order valence-electron chi connectivity index (χ3n) is 4.15. The van der Waals surface area contributed by atoms with E-state index in [1.807, 2.05) is 42.5 Å². The van der Waals surface area contributed by atoms with Gasteiger partial charge in [0.15, 0.2) is 11.5 Å². The Kier molecular flexibility index (Phi) is 6.18. The smallest absolute Gasteiger partial charge is 0.300 e. The molecule has 0 aromatic heterocycles. The van der Waals surface area contributed by atoms with E-state index in [-0.39, 0.29) is 25.0 Å². The minimum Gasteiger partial charge on any atom is -0.481 e. The zero-order valence-corrected chi connectivity index (χ0v) is 15.7. The molecule has 9 nitrogen and oxygen atoms in total. The molecule has 0 saturated heterocycles. The SMILES string of the molecule is CC(=O)O.O=C(CC1Nc2ccccc2NC1=O)NCc1ccc2c(c1)OCO2. The lowest BCUT2D eigenvalue weighted by molar-refractivity contribution is -0.134. The number of hydrogen-bond donors (Lipinski definition) is 4. The first-order valence-corrected chi connectivity index (χ1v) is 8.93. The highest BCUT2D eigenvalue weighted by molar-refractivity contribution is 6.04. The number of carbonyl (C=O) groups is 3. The van der Waals surface area contributed by atoms with Crippen molar-refractivity contribution in [1.82, 2.24) is 5.32 Å². The van der Waals surface area contributed by atoms with Gasteiger partial charge in [-0.1, -0.05) is 18.2 Å². The maximum absolute atomic E-state index is 12.2. The van der Waals surface area contributed by atoms with Gasteiger partial charge in [0, 0.05) is 13.5 Å². The van der Waals surface area contributed by atoms with Crippen LogP contribution in [0.1, 0.15) is 18.9 Å². The zero-order valence-electron chi connectivity index (χ0n) is 15.7. The summed E-state index contributed by atoms with van der Waals surface area (Å²) in [6.07, 6.45) is 0.0602. The first kappa shape index (κ1) is 20.0. The summed E-state index contributed by atoms with van der Waals surface area (Å²) in [5, 5.41) is 16.1. The summed E-state index contributed by atoms with van der Waals surface area (Å²) >= 11 is 0. The Morgan fingerprint density at radius 1 is 1.14 bits per heavy atom. The van der Waals surface area contributed by atoms with Gasteiger partial charge in [-0.25, -0.2) is 0 Å². The van der Waals surface area contributed by atoms with Gasteiger partial charge in [0.1, 0.15) is 6.04 Å². The van der Waals surface area contributed by atoms with Gasteiger partial charge < -0.3 is 30.5 Å². The van der Waals surface area contributed by atoms with Gasteiger partial charge in [-0.05, 0) is 29.8 Å². The molecule has 0 bridgehead atoms. The summed E-state index contributed by atoms with van der Waals surface area (Å²) in [6, 6.07) is 12.3. The Bertz CT molecular complexity index is 926. The van der Waals surface area contributed by atoms with Crippen molar-refractivity contribution in [3.05, 3.63) is 48.0 Å². The Morgan fingerprint density at radius 3 is 2.59 bits per heavy atom. The number of anilines is 2. The topological polar surface area (TPSA) is 126 Å². The normalized spacial score (nSPS) is 15.8. The second-order valence-electron chi connectivity index (χ2n) is 6.42. The Labute approximate surface area is 167 Å². The van der Waals surface area contributed by atoms with Crippen molar-refractivity contribution in [2.75, 3.05) is 17.4 Å². The van der Waals surface area contributed by atoms with Gasteiger partial charge in [-0.2, -0.15) is 0 Å². The van der Waals surface area contributed by atoms with Crippen LogP contribution in [0, 0.1) is 0 Å². The molecule has 0 spiro atoms. The van der Waals surface area contributed by atoms with Crippen molar-refractivity contribution in [3.8, 4) is 11.5 Å². The van der Waals surface area contributed by atoms with Crippen LogP contribution in [-0.4, -0.2) is 35.7 Å². The summed E-state index contributed by atoms with van der Waals surface area (Å²) in [5.74, 6) is 0.134. The molecular weight excluding hydrogens is 378 g/mol. The molecule has 4 N–H and O–H groups in total. The Hall–Kier alpha value is -3.75. The largest absolute Gasteiger partial charge is 0.481 e. The van der Waals surface area contributed by atoms with Crippen LogP contribution < -0.4 is 25.4 Å². The number of carbonyl (C=O) groups excluding carboxylic acids is 2. The van der Waals surface area contributed by atoms with Crippen LogP contribution in [0.3, 0.4) is 0 Å². The van der Waals surface area contributed by atoms with Crippen LogP contribution in [0.4, 0.5) is 11.4 Å². The lowest BCUT2D eigenvalue weighted by atomic mass is 10.1. The molecule has 29 heavy (non-hydrogen) atoms.